The van der Waals surface area contributed by atoms with E-state index in [1.807, 2.05) is 24.7 Å². The van der Waals surface area contributed by atoms with Crippen LogP contribution in [0.1, 0.15) is 40.6 Å². The highest BCUT2D eigenvalue weighted by atomic mass is 19.1. The van der Waals surface area contributed by atoms with Crippen molar-refractivity contribution >= 4 is 5.91 Å². The molecule has 1 aromatic carbocycles. The van der Waals surface area contributed by atoms with Gasteiger partial charge in [0.05, 0.1) is 17.6 Å². The highest BCUT2D eigenvalue weighted by Gasteiger charge is 2.28. The van der Waals surface area contributed by atoms with Crippen LogP contribution in [0.3, 0.4) is 0 Å². The maximum Gasteiger partial charge on any atom is 0.253 e. The molecule has 4 rings (SSSR count). The van der Waals surface area contributed by atoms with Crippen LogP contribution in [-0.2, 0) is 7.05 Å². The zero-order valence-electron chi connectivity index (χ0n) is 16.0. The summed E-state index contributed by atoms with van der Waals surface area (Å²) in [6.45, 7) is 3.18. The number of benzene rings is 1. The van der Waals surface area contributed by atoms with E-state index in [9.17, 15) is 9.18 Å². The van der Waals surface area contributed by atoms with Crippen molar-refractivity contribution in [2.75, 3.05) is 13.1 Å². The van der Waals surface area contributed by atoms with Gasteiger partial charge in [0.25, 0.3) is 5.91 Å². The summed E-state index contributed by atoms with van der Waals surface area (Å²) in [5.41, 5.74) is 3.13. The van der Waals surface area contributed by atoms with Crippen LogP contribution in [0.15, 0.2) is 42.9 Å². The second-order valence-electron chi connectivity index (χ2n) is 7.12. The van der Waals surface area contributed by atoms with Gasteiger partial charge in [0.1, 0.15) is 17.3 Å². The summed E-state index contributed by atoms with van der Waals surface area (Å²) in [6, 6.07) is 5.86. The molecule has 2 aromatic heterocycles. The van der Waals surface area contributed by atoms with Crippen LogP contribution >= 0.6 is 0 Å². The highest BCUT2D eigenvalue weighted by Crippen LogP contribution is 2.33. The van der Waals surface area contributed by atoms with E-state index in [1.165, 1.54) is 12.1 Å². The molecule has 0 spiro atoms. The van der Waals surface area contributed by atoms with Gasteiger partial charge in [-0.05, 0) is 38.0 Å². The SMILES string of the molecule is Cc1ncc(-c2nccnc2C2CCN(C(=O)c3cccc(F)c3)CC2)n1C. The van der Waals surface area contributed by atoms with Gasteiger partial charge < -0.3 is 9.47 Å². The molecule has 1 amide bonds. The predicted molar refractivity (Wildman–Crippen MR) is 103 cm³/mol. The molecule has 0 bridgehead atoms. The van der Waals surface area contributed by atoms with Gasteiger partial charge in [-0.15, -0.1) is 0 Å². The number of carbonyl (C=O) groups excluding carboxylic acids is 1. The molecule has 0 aliphatic carbocycles. The Bertz CT molecular complexity index is 1010. The lowest BCUT2D eigenvalue weighted by atomic mass is 9.91. The topological polar surface area (TPSA) is 63.9 Å². The molecule has 0 unspecified atom stereocenters. The fraction of sp³-hybridized carbons (Fsp3) is 0.333. The Balaban J connectivity index is 1.52. The molecule has 1 aliphatic rings. The van der Waals surface area contributed by atoms with Crippen molar-refractivity contribution in [2.45, 2.75) is 25.7 Å². The Kier molecular flexibility index (Phi) is 4.90. The van der Waals surface area contributed by atoms with Crippen molar-refractivity contribution in [2.24, 2.45) is 7.05 Å². The van der Waals surface area contributed by atoms with Gasteiger partial charge in [-0.25, -0.2) is 9.37 Å². The summed E-state index contributed by atoms with van der Waals surface area (Å²) in [5.74, 6) is 0.619. The molecule has 3 aromatic rings. The fourth-order valence-corrected chi connectivity index (χ4v) is 3.73. The summed E-state index contributed by atoms with van der Waals surface area (Å²) >= 11 is 0. The summed E-state index contributed by atoms with van der Waals surface area (Å²) in [5, 5.41) is 0. The van der Waals surface area contributed by atoms with E-state index in [2.05, 4.69) is 15.0 Å². The number of imidazole rings is 1. The maximum absolute atomic E-state index is 13.4. The Labute approximate surface area is 163 Å². The molecule has 7 heteroatoms. The molecular formula is C21H22FN5O. The molecule has 1 aliphatic heterocycles. The Hall–Kier alpha value is -3.09. The van der Waals surface area contributed by atoms with Crippen LogP contribution in [-0.4, -0.2) is 43.4 Å². The smallest absolute Gasteiger partial charge is 0.253 e. The molecule has 144 valence electrons. The third-order valence-corrected chi connectivity index (χ3v) is 5.43. The van der Waals surface area contributed by atoms with Crippen molar-refractivity contribution < 1.29 is 9.18 Å². The van der Waals surface area contributed by atoms with E-state index in [-0.39, 0.29) is 11.8 Å². The standard InChI is InChI=1S/C21H22FN5O/c1-14-25-13-18(26(14)2)20-19(23-8-9-24-20)15-6-10-27(11-7-15)21(28)16-4-3-5-17(22)12-16/h3-5,8-9,12-13,15H,6-7,10-11H2,1-2H3. The Morgan fingerprint density at radius 3 is 2.57 bits per heavy atom. The quantitative estimate of drug-likeness (QED) is 0.700. The molecule has 0 atom stereocenters. The second kappa shape index (κ2) is 7.50. The normalized spacial score (nSPS) is 15.0. The van der Waals surface area contributed by atoms with Gasteiger partial charge in [0.15, 0.2) is 0 Å². The van der Waals surface area contributed by atoms with Crippen LogP contribution in [0.5, 0.6) is 0 Å². The lowest BCUT2D eigenvalue weighted by molar-refractivity contribution is 0.0711. The average Bonchev–Trinajstić information content (AvgIpc) is 3.06. The molecule has 28 heavy (non-hydrogen) atoms. The number of aryl methyl sites for hydroxylation is 1. The largest absolute Gasteiger partial charge is 0.339 e. The first-order chi connectivity index (χ1) is 13.5. The summed E-state index contributed by atoms with van der Waals surface area (Å²) in [7, 11) is 1.97. The molecule has 0 radical (unpaired) electrons. The zero-order chi connectivity index (χ0) is 19.7. The van der Waals surface area contributed by atoms with Crippen LogP contribution in [0.25, 0.3) is 11.4 Å². The summed E-state index contributed by atoms with van der Waals surface area (Å²) < 4.78 is 15.4. The minimum absolute atomic E-state index is 0.125. The van der Waals surface area contributed by atoms with E-state index >= 15 is 0 Å². The maximum atomic E-state index is 13.4. The van der Waals surface area contributed by atoms with E-state index in [4.69, 9.17) is 0 Å². The first kappa shape index (κ1) is 18.3. The predicted octanol–water partition coefficient (Wildman–Crippen LogP) is 3.34. The van der Waals surface area contributed by atoms with E-state index < -0.39 is 5.82 Å². The monoisotopic (exact) mass is 379 g/mol. The van der Waals surface area contributed by atoms with Crippen LogP contribution < -0.4 is 0 Å². The molecule has 0 saturated carbocycles. The second-order valence-corrected chi connectivity index (χ2v) is 7.12. The minimum atomic E-state index is -0.392. The molecule has 0 N–H and O–H groups in total. The van der Waals surface area contributed by atoms with Crippen molar-refractivity contribution in [1.82, 2.24) is 24.4 Å². The van der Waals surface area contributed by atoms with E-state index in [1.54, 1.807) is 29.4 Å². The first-order valence-corrected chi connectivity index (χ1v) is 9.39. The average molecular weight is 379 g/mol. The molecular weight excluding hydrogens is 357 g/mol. The Morgan fingerprint density at radius 1 is 1.14 bits per heavy atom. The highest BCUT2D eigenvalue weighted by molar-refractivity contribution is 5.94. The van der Waals surface area contributed by atoms with Crippen LogP contribution in [0, 0.1) is 12.7 Å². The zero-order valence-corrected chi connectivity index (χ0v) is 16.0. The van der Waals surface area contributed by atoms with Crippen LogP contribution in [0.4, 0.5) is 4.39 Å². The van der Waals surface area contributed by atoms with Crippen LogP contribution in [0.2, 0.25) is 0 Å². The molecule has 6 nitrogen and oxygen atoms in total. The summed E-state index contributed by atoms with van der Waals surface area (Å²) in [6.07, 6.45) is 6.83. The Morgan fingerprint density at radius 2 is 1.89 bits per heavy atom. The number of carbonyl (C=O) groups is 1. The number of piperidine rings is 1. The number of aromatic nitrogens is 4. The van der Waals surface area contributed by atoms with Gasteiger partial charge in [-0.3, -0.25) is 14.8 Å². The summed E-state index contributed by atoms with van der Waals surface area (Å²) in [4.78, 5) is 28.0. The minimum Gasteiger partial charge on any atom is -0.339 e. The number of nitrogens with zero attached hydrogens (tertiary/aromatic N) is 5. The van der Waals surface area contributed by atoms with Gasteiger partial charge in [0, 0.05) is 44.0 Å². The van der Waals surface area contributed by atoms with E-state index in [0.29, 0.717) is 18.7 Å². The lowest BCUT2D eigenvalue weighted by Crippen LogP contribution is -2.38. The van der Waals surface area contributed by atoms with Gasteiger partial charge >= 0.3 is 0 Å². The first-order valence-electron chi connectivity index (χ1n) is 9.39. The van der Waals surface area contributed by atoms with Crippen molar-refractivity contribution in [3.63, 3.8) is 0 Å². The number of hydrogen-bond donors (Lipinski definition) is 0. The number of likely N-dealkylation sites (tertiary alicyclic amines) is 1. The number of halogens is 1. The lowest BCUT2D eigenvalue weighted by Gasteiger charge is -2.32. The fourth-order valence-electron chi connectivity index (χ4n) is 3.73. The number of amides is 1. The molecule has 1 fully saturated rings. The number of rotatable bonds is 3. The number of hydrogen-bond acceptors (Lipinski definition) is 4. The third-order valence-electron chi connectivity index (χ3n) is 5.43. The molecule has 3 heterocycles. The molecule has 1 saturated heterocycles. The van der Waals surface area contributed by atoms with Crippen molar-refractivity contribution in [3.05, 3.63) is 65.8 Å². The van der Waals surface area contributed by atoms with Gasteiger partial charge in [-0.2, -0.15) is 0 Å². The van der Waals surface area contributed by atoms with Gasteiger partial charge in [0.2, 0.25) is 0 Å². The van der Waals surface area contributed by atoms with E-state index in [0.717, 1.165) is 35.7 Å². The van der Waals surface area contributed by atoms with Gasteiger partial charge in [-0.1, -0.05) is 6.07 Å². The third kappa shape index (κ3) is 3.40. The van der Waals surface area contributed by atoms with Crippen molar-refractivity contribution in [3.8, 4) is 11.4 Å². The van der Waals surface area contributed by atoms with Crippen molar-refractivity contribution in [1.29, 1.82) is 0 Å².